The number of aromatic carboxylic acids is 1. The summed E-state index contributed by atoms with van der Waals surface area (Å²) < 4.78 is 4.54. The second-order valence-corrected chi connectivity index (χ2v) is 5.50. The lowest BCUT2D eigenvalue weighted by Crippen LogP contribution is -2.03. The summed E-state index contributed by atoms with van der Waals surface area (Å²) in [6, 6.07) is 2.22. The smallest absolute Gasteiger partial charge is 0.354 e. The Labute approximate surface area is 121 Å². The highest BCUT2D eigenvalue weighted by molar-refractivity contribution is 8.01. The van der Waals surface area contributed by atoms with E-state index < -0.39 is 10.9 Å². The Morgan fingerprint density at radius 3 is 2.80 bits per heavy atom. The van der Waals surface area contributed by atoms with E-state index in [-0.39, 0.29) is 16.4 Å². The van der Waals surface area contributed by atoms with Gasteiger partial charge in [-0.3, -0.25) is 10.1 Å². The molecule has 2 aromatic heterocycles. The molecule has 104 valence electrons. The number of nitro groups is 1. The lowest BCUT2D eigenvalue weighted by Gasteiger charge is -2.00. The van der Waals surface area contributed by atoms with Crippen LogP contribution in [-0.4, -0.2) is 30.3 Å². The van der Waals surface area contributed by atoms with Crippen LogP contribution < -0.4 is 0 Å². The van der Waals surface area contributed by atoms with Gasteiger partial charge in [-0.15, -0.1) is 0 Å². The van der Waals surface area contributed by atoms with Crippen LogP contribution in [0.25, 0.3) is 0 Å². The van der Waals surface area contributed by atoms with Gasteiger partial charge in [-0.25, -0.2) is 14.8 Å². The SMILES string of the molecule is CCc1nsc(Sc2nc(C(=O)O)ccc2[N+](=O)[O-])n1. The highest BCUT2D eigenvalue weighted by Gasteiger charge is 2.20. The van der Waals surface area contributed by atoms with E-state index in [0.29, 0.717) is 16.6 Å². The van der Waals surface area contributed by atoms with Crippen LogP contribution in [0.5, 0.6) is 0 Å². The van der Waals surface area contributed by atoms with E-state index in [0.717, 1.165) is 35.4 Å². The van der Waals surface area contributed by atoms with E-state index in [1.165, 1.54) is 0 Å². The van der Waals surface area contributed by atoms with Gasteiger partial charge in [0.25, 0.3) is 0 Å². The molecule has 0 atom stereocenters. The molecule has 2 rings (SSSR count). The van der Waals surface area contributed by atoms with Crippen LogP contribution in [0.1, 0.15) is 23.2 Å². The minimum absolute atomic E-state index is 0.00583. The molecule has 2 aromatic rings. The van der Waals surface area contributed by atoms with E-state index in [1.54, 1.807) is 0 Å². The number of carboxylic acids is 1. The van der Waals surface area contributed by atoms with Crippen molar-refractivity contribution in [2.45, 2.75) is 22.7 Å². The molecule has 0 amide bonds. The minimum atomic E-state index is -1.24. The number of carbonyl (C=O) groups is 1. The number of rotatable bonds is 5. The van der Waals surface area contributed by atoms with Crippen molar-refractivity contribution in [1.29, 1.82) is 0 Å². The van der Waals surface area contributed by atoms with Gasteiger partial charge in [0.1, 0.15) is 11.5 Å². The van der Waals surface area contributed by atoms with Gasteiger partial charge in [-0.1, -0.05) is 6.92 Å². The fraction of sp³-hybridized carbons (Fsp3) is 0.200. The maximum atomic E-state index is 10.9. The molecule has 0 spiro atoms. The Hall–Kier alpha value is -2.07. The van der Waals surface area contributed by atoms with E-state index in [1.807, 2.05) is 6.92 Å². The van der Waals surface area contributed by atoms with Gasteiger partial charge in [-0.2, -0.15) is 4.37 Å². The molecule has 0 aliphatic heterocycles. The van der Waals surface area contributed by atoms with Crippen LogP contribution in [0, 0.1) is 10.1 Å². The summed E-state index contributed by atoms with van der Waals surface area (Å²) in [5.41, 5.74) is -0.508. The molecule has 8 nitrogen and oxygen atoms in total. The third kappa shape index (κ3) is 3.08. The molecule has 0 bridgehead atoms. The Morgan fingerprint density at radius 1 is 1.50 bits per heavy atom. The average Bonchev–Trinajstić information content (AvgIpc) is 2.86. The van der Waals surface area contributed by atoms with Gasteiger partial charge in [-0.05, 0) is 29.4 Å². The number of hydrogen-bond donors (Lipinski definition) is 1. The molecule has 2 heterocycles. The molecule has 0 saturated carbocycles. The lowest BCUT2D eigenvalue weighted by atomic mass is 10.3. The standard InChI is InChI=1S/C10H8N4O4S2/c1-2-7-12-10(20-13-7)19-8-6(14(17)18)4-3-5(11-8)9(15)16/h3-4H,2H2,1H3,(H,15,16). The first kappa shape index (κ1) is 14.3. The predicted molar refractivity (Wildman–Crippen MR) is 71.3 cm³/mol. The quantitative estimate of drug-likeness (QED) is 0.659. The molecule has 0 aliphatic carbocycles. The van der Waals surface area contributed by atoms with Crippen LogP contribution in [0.2, 0.25) is 0 Å². The fourth-order valence-electron chi connectivity index (χ4n) is 1.27. The zero-order valence-corrected chi connectivity index (χ0v) is 11.8. The monoisotopic (exact) mass is 312 g/mol. The van der Waals surface area contributed by atoms with Gasteiger partial charge in [0.05, 0.1) is 4.92 Å². The third-order valence-corrected chi connectivity index (χ3v) is 3.99. The molecular weight excluding hydrogens is 304 g/mol. The number of hydrogen-bond acceptors (Lipinski definition) is 8. The summed E-state index contributed by atoms with van der Waals surface area (Å²) >= 11 is 2.03. The minimum Gasteiger partial charge on any atom is -0.477 e. The summed E-state index contributed by atoms with van der Waals surface area (Å²) in [6.45, 7) is 1.89. The van der Waals surface area contributed by atoms with Crippen molar-refractivity contribution in [3.63, 3.8) is 0 Å². The molecular formula is C10H8N4O4S2. The van der Waals surface area contributed by atoms with Crippen molar-refractivity contribution in [2.24, 2.45) is 0 Å². The van der Waals surface area contributed by atoms with Crippen LogP contribution >= 0.6 is 23.3 Å². The van der Waals surface area contributed by atoms with Gasteiger partial charge in [0.15, 0.2) is 9.37 Å². The zero-order chi connectivity index (χ0) is 14.7. The first-order valence-electron chi connectivity index (χ1n) is 5.40. The molecule has 0 unspecified atom stereocenters. The average molecular weight is 312 g/mol. The summed E-state index contributed by atoms with van der Waals surface area (Å²) in [7, 11) is 0. The first-order valence-corrected chi connectivity index (χ1v) is 6.99. The van der Waals surface area contributed by atoms with Crippen molar-refractivity contribution in [3.8, 4) is 0 Å². The topological polar surface area (TPSA) is 119 Å². The largest absolute Gasteiger partial charge is 0.477 e. The molecule has 10 heteroatoms. The number of nitrogens with zero attached hydrogens (tertiary/aromatic N) is 4. The number of pyridine rings is 1. The van der Waals surface area contributed by atoms with Crippen molar-refractivity contribution in [3.05, 3.63) is 33.8 Å². The van der Waals surface area contributed by atoms with Crippen LogP contribution in [0.15, 0.2) is 21.5 Å². The second kappa shape index (κ2) is 5.92. The molecule has 1 N–H and O–H groups in total. The van der Waals surface area contributed by atoms with E-state index in [4.69, 9.17) is 5.11 Å². The highest BCUT2D eigenvalue weighted by Crippen LogP contribution is 2.34. The Bertz CT molecular complexity index is 673. The van der Waals surface area contributed by atoms with Crippen molar-refractivity contribution < 1.29 is 14.8 Å². The molecule has 20 heavy (non-hydrogen) atoms. The highest BCUT2D eigenvalue weighted by atomic mass is 32.2. The van der Waals surface area contributed by atoms with Crippen LogP contribution in [0.3, 0.4) is 0 Å². The van der Waals surface area contributed by atoms with E-state index >= 15 is 0 Å². The van der Waals surface area contributed by atoms with Crippen molar-refractivity contribution >= 4 is 35.0 Å². The Balaban J connectivity index is 2.39. The lowest BCUT2D eigenvalue weighted by molar-refractivity contribution is -0.388. The first-order chi connectivity index (χ1) is 9.51. The van der Waals surface area contributed by atoms with Gasteiger partial charge < -0.3 is 5.11 Å². The third-order valence-electron chi connectivity index (χ3n) is 2.21. The zero-order valence-electron chi connectivity index (χ0n) is 10.1. The summed E-state index contributed by atoms with van der Waals surface area (Å²) in [5, 5.41) is 19.8. The molecule has 0 saturated heterocycles. The molecule has 0 fully saturated rings. The molecule has 0 aromatic carbocycles. The van der Waals surface area contributed by atoms with Crippen LogP contribution in [-0.2, 0) is 6.42 Å². The second-order valence-electron chi connectivity index (χ2n) is 3.52. The predicted octanol–water partition coefficient (Wildman–Crippen LogP) is 2.25. The molecule has 0 radical (unpaired) electrons. The normalized spacial score (nSPS) is 10.4. The number of aryl methyl sites for hydroxylation is 1. The Morgan fingerprint density at radius 2 is 2.25 bits per heavy atom. The summed E-state index contributed by atoms with van der Waals surface area (Å²) in [5.74, 6) is -0.609. The van der Waals surface area contributed by atoms with Gasteiger partial charge in [0.2, 0.25) is 0 Å². The molecule has 0 aliphatic rings. The van der Waals surface area contributed by atoms with E-state index in [2.05, 4.69) is 14.3 Å². The summed E-state index contributed by atoms with van der Waals surface area (Å²) in [4.78, 5) is 29.1. The maximum Gasteiger partial charge on any atom is 0.354 e. The van der Waals surface area contributed by atoms with Crippen molar-refractivity contribution in [1.82, 2.24) is 14.3 Å². The van der Waals surface area contributed by atoms with Gasteiger partial charge in [0, 0.05) is 12.5 Å². The maximum absolute atomic E-state index is 10.9. The fourth-order valence-corrected chi connectivity index (χ4v) is 2.98. The number of carboxylic acid groups (broad SMARTS) is 1. The van der Waals surface area contributed by atoms with Gasteiger partial charge >= 0.3 is 11.7 Å². The van der Waals surface area contributed by atoms with Crippen LogP contribution in [0.4, 0.5) is 5.69 Å². The van der Waals surface area contributed by atoms with E-state index in [9.17, 15) is 14.9 Å². The number of aromatic nitrogens is 3. The Kier molecular flexibility index (Phi) is 4.25. The van der Waals surface area contributed by atoms with Crippen molar-refractivity contribution in [2.75, 3.05) is 0 Å². The summed E-state index contributed by atoms with van der Waals surface area (Å²) in [6.07, 6.45) is 0.655.